The van der Waals surface area contributed by atoms with Crippen molar-refractivity contribution in [1.82, 2.24) is 0 Å². The average Bonchev–Trinajstić information content (AvgIpc) is 2.72. The van der Waals surface area contributed by atoms with Gasteiger partial charge in [-0.3, -0.25) is 14.4 Å². The van der Waals surface area contributed by atoms with Crippen LogP contribution in [0.3, 0.4) is 0 Å². The molecule has 0 saturated carbocycles. The number of hydrogen-bond donors (Lipinski definition) is 3. The van der Waals surface area contributed by atoms with Crippen LogP contribution in [0.25, 0.3) is 0 Å². The van der Waals surface area contributed by atoms with Crippen LogP contribution in [0.2, 0.25) is 0 Å². The van der Waals surface area contributed by atoms with Crippen molar-refractivity contribution < 1.29 is 56.9 Å². The summed E-state index contributed by atoms with van der Waals surface area (Å²) in [6.45, 7) is 1.34. The summed E-state index contributed by atoms with van der Waals surface area (Å²) in [7, 11) is -5.06. The van der Waals surface area contributed by atoms with Crippen LogP contribution in [0.4, 0.5) is 22.7 Å². The van der Waals surface area contributed by atoms with Crippen molar-refractivity contribution in [2.24, 2.45) is 0 Å². The molecule has 4 rings (SSSR count). The molecule has 11 heteroatoms. The summed E-state index contributed by atoms with van der Waals surface area (Å²) in [4.78, 5) is 36.9. The van der Waals surface area contributed by atoms with E-state index in [1.165, 1.54) is 19.1 Å². The third-order valence-corrected chi connectivity index (χ3v) is 5.81. The zero-order valence-electron chi connectivity index (χ0n) is 17.6. The molecular weight excluding hydrogens is 457 g/mol. The summed E-state index contributed by atoms with van der Waals surface area (Å²) in [6, 6.07) is 13.4. The predicted octanol–water partition coefficient (Wildman–Crippen LogP) is -0.346. The SMILES string of the molecule is CC(=O)Nc1cccc(Nc2cc(S(=O)(=O)[O-])c(N)c3c2C(=O)c2ccccc2C3=O)c1.[Na+]. The van der Waals surface area contributed by atoms with E-state index in [1.807, 2.05) is 0 Å². The van der Waals surface area contributed by atoms with Gasteiger partial charge in [-0.1, -0.05) is 30.3 Å². The van der Waals surface area contributed by atoms with Crippen molar-refractivity contribution in [1.29, 1.82) is 0 Å². The first kappa shape index (κ1) is 24.6. The van der Waals surface area contributed by atoms with Crippen molar-refractivity contribution in [2.75, 3.05) is 16.4 Å². The summed E-state index contributed by atoms with van der Waals surface area (Å²) in [6.07, 6.45) is 0. The Hall–Kier alpha value is -3.02. The van der Waals surface area contributed by atoms with E-state index in [9.17, 15) is 27.4 Å². The van der Waals surface area contributed by atoms with Gasteiger partial charge in [0.2, 0.25) is 5.91 Å². The van der Waals surface area contributed by atoms with Crippen molar-refractivity contribution in [3.8, 4) is 0 Å². The van der Waals surface area contributed by atoms with E-state index < -0.39 is 32.3 Å². The molecule has 1 aliphatic carbocycles. The number of amides is 1. The summed E-state index contributed by atoms with van der Waals surface area (Å²) >= 11 is 0. The number of ketones is 2. The normalized spacial score (nSPS) is 12.3. The number of hydrogen-bond acceptors (Lipinski definition) is 8. The number of carbonyl (C=O) groups is 3. The molecule has 33 heavy (non-hydrogen) atoms. The molecule has 162 valence electrons. The van der Waals surface area contributed by atoms with Gasteiger partial charge in [0.1, 0.15) is 10.1 Å². The first-order valence-corrected chi connectivity index (χ1v) is 10.7. The van der Waals surface area contributed by atoms with Crippen molar-refractivity contribution in [3.63, 3.8) is 0 Å². The molecule has 0 unspecified atom stereocenters. The van der Waals surface area contributed by atoms with Gasteiger partial charge in [-0.25, -0.2) is 8.42 Å². The maximum Gasteiger partial charge on any atom is 1.00 e. The van der Waals surface area contributed by atoms with Crippen LogP contribution in [-0.2, 0) is 14.9 Å². The quantitative estimate of drug-likeness (QED) is 0.206. The number of nitrogen functional groups attached to an aromatic ring is 1. The first-order valence-electron chi connectivity index (χ1n) is 9.33. The molecule has 0 fully saturated rings. The monoisotopic (exact) mass is 473 g/mol. The van der Waals surface area contributed by atoms with Gasteiger partial charge in [0.05, 0.1) is 27.4 Å². The Morgan fingerprint density at radius 1 is 0.909 bits per heavy atom. The Bertz CT molecular complexity index is 1440. The van der Waals surface area contributed by atoms with Crippen LogP contribution < -0.4 is 45.9 Å². The third kappa shape index (κ3) is 4.56. The van der Waals surface area contributed by atoms with E-state index in [4.69, 9.17) is 5.73 Å². The molecule has 1 amide bonds. The van der Waals surface area contributed by atoms with Gasteiger partial charge >= 0.3 is 29.6 Å². The molecule has 4 N–H and O–H groups in total. The molecule has 0 spiro atoms. The van der Waals surface area contributed by atoms with Crippen molar-refractivity contribution in [2.45, 2.75) is 11.8 Å². The maximum absolute atomic E-state index is 13.3. The standard InChI is InChI=1S/C22H17N3O6S.Na/c1-11(26)24-12-5-4-6-13(9-12)25-16-10-17(32(29,30)31)20(23)19-18(16)21(27)14-7-2-3-8-15(14)22(19)28;/h2-10,25H,23H2,1H3,(H,24,26)(H,29,30,31);/q;+1/p-1. The molecule has 3 aromatic rings. The van der Waals surface area contributed by atoms with Gasteiger partial charge in [0.15, 0.2) is 11.6 Å². The minimum absolute atomic E-state index is 0. The third-order valence-electron chi connectivity index (χ3n) is 4.93. The molecular formula is C22H16N3NaO6S. The Morgan fingerprint density at radius 2 is 1.48 bits per heavy atom. The molecule has 0 atom stereocenters. The Balaban J connectivity index is 0.00000306. The van der Waals surface area contributed by atoms with E-state index >= 15 is 0 Å². The topological polar surface area (TPSA) is 158 Å². The van der Waals surface area contributed by atoms with Crippen LogP contribution in [0.1, 0.15) is 38.8 Å². The Kier molecular flexibility index (Phi) is 6.78. The minimum Gasteiger partial charge on any atom is -0.744 e. The van der Waals surface area contributed by atoms with Gasteiger partial charge in [-0.05, 0) is 24.3 Å². The summed E-state index contributed by atoms with van der Waals surface area (Å²) < 4.78 is 35.5. The van der Waals surface area contributed by atoms with Gasteiger partial charge in [0.25, 0.3) is 0 Å². The van der Waals surface area contributed by atoms with Gasteiger partial charge in [0, 0.05) is 29.4 Å². The average molecular weight is 473 g/mol. The second-order valence-corrected chi connectivity index (χ2v) is 8.48. The van der Waals surface area contributed by atoms with E-state index in [0.29, 0.717) is 11.4 Å². The van der Waals surface area contributed by atoms with Crippen LogP contribution in [-0.4, -0.2) is 30.4 Å². The summed E-state index contributed by atoms with van der Waals surface area (Å²) in [5.41, 5.74) is 5.81. The maximum atomic E-state index is 13.3. The smallest absolute Gasteiger partial charge is 0.744 e. The molecule has 3 aromatic carbocycles. The number of anilines is 4. The second kappa shape index (κ2) is 9.08. The fourth-order valence-corrected chi connectivity index (χ4v) is 4.27. The molecule has 0 aliphatic heterocycles. The number of benzene rings is 3. The van der Waals surface area contributed by atoms with Gasteiger partial charge in [-0.2, -0.15) is 0 Å². The molecule has 0 bridgehead atoms. The number of carbonyl (C=O) groups excluding carboxylic acids is 3. The van der Waals surface area contributed by atoms with Crippen LogP contribution >= 0.6 is 0 Å². The van der Waals surface area contributed by atoms with Crippen molar-refractivity contribution >= 4 is 50.3 Å². The molecule has 1 aliphatic rings. The molecule has 0 saturated heterocycles. The number of rotatable bonds is 4. The van der Waals surface area contributed by atoms with E-state index in [0.717, 1.165) is 6.07 Å². The van der Waals surface area contributed by atoms with E-state index in [1.54, 1.807) is 36.4 Å². The van der Waals surface area contributed by atoms with Gasteiger partial charge in [-0.15, -0.1) is 0 Å². The van der Waals surface area contributed by atoms with Crippen LogP contribution in [0, 0.1) is 0 Å². The molecule has 0 heterocycles. The summed E-state index contributed by atoms with van der Waals surface area (Å²) in [5.74, 6) is -1.50. The zero-order chi connectivity index (χ0) is 23.2. The number of nitrogens with one attached hydrogen (secondary N) is 2. The van der Waals surface area contributed by atoms with Crippen LogP contribution in [0.5, 0.6) is 0 Å². The van der Waals surface area contributed by atoms with E-state index in [-0.39, 0.29) is 63.4 Å². The predicted molar refractivity (Wildman–Crippen MR) is 116 cm³/mol. The molecule has 9 nitrogen and oxygen atoms in total. The number of fused-ring (bicyclic) bond motifs is 2. The Labute approximate surface area is 211 Å². The second-order valence-electron chi connectivity index (χ2n) is 7.13. The molecule has 0 aromatic heterocycles. The fourth-order valence-electron chi connectivity index (χ4n) is 3.63. The molecule has 0 radical (unpaired) electrons. The van der Waals surface area contributed by atoms with Gasteiger partial charge < -0.3 is 20.9 Å². The first-order chi connectivity index (χ1) is 15.1. The largest absolute Gasteiger partial charge is 1.00 e. The fraction of sp³-hybridized carbons (Fsp3) is 0.0455. The number of nitrogens with two attached hydrogens (primary N) is 1. The zero-order valence-corrected chi connectivity index (χ0v) is 20.4. The minimum atomic E-state index is -5.06. The summed E-state index contributed by atoms with van der Waals surface area (Å²) in [5, 5.41) is 5.48. The van der Waals surface area contributed by atoms with E-state index in [2.05, 4.69) is 10.6 Å². The Morgan fingerprint density at radius 3 is 2.06 bits per heavy atom. The van der Waals surface area contributed by atoms with Crippen LogP contribution in [0.15, 0.2) is 59.5 Å². The van der Waals surface area contributed by atoms with Crippen molar-refractivity contribution in [3.05, 3.63) is 76.9 Å².